The molecule has 2 aromatic carbocycles. The molecule has 4 rings (SSSR count). The summed E-state index contributed by atoms with van der Waals surface area (Å²) in [4.78, 5) is 43.8. The fraction of sp³-hybridized carbons (Fsp3) is 0.259. The van der Waals surface area contributed by atoms with E-state index in [1.165, 1.54) is 25.7 Å². The van der Waals surface area contributed by atoms with Gasteiger partial charge in [0.2, 0.25) is 0 Å². The van der Waals surface area contributed by atoms with Crippen molar-refractivity contribution in [3.63, 3.8) is 0 Å². The predicted molar refractivity (Wildman–Crippen MR) is 153 cm³/mol. The number of esters is 2. The van der Waals surface area contributed by atoms with Gasteiger partial charge >= 0.3 is 11.9 Å². The van der Waals surface area contributed by atoms with Crippen LogP contribution in [0.25, 0.3) is 6.08 Å². The SMILES string of the molecule is CCOC(=O)C1=C(C)N=c2s/c(=C\c3cc(Br)cc(Br)c3OC(C)=O)c(=O)n2[C@@H]1c1ccc(OC)c(OC)c1. The summed E-state index contributed by atoms with van der Waals surface area (Å²) in [6.07, 6.45) is 1.63. The molecule has 1 atom stereocenters. The fourth-order valence-electron chi connectivity index (χ4n) is 4.21. The van der Waals surface area contributed by atoms with Crippen molar-refractivity contribution in [2.45, 2.75) is 26.8 Å². The largest absolute Gasteiger partial charge is 0.493 e. The molecule has 0 N–H and O–H groups in total. The monoisotopic (exact) mass is 678 g/mol. The maximum Gasteiger partial charge on any atom is 0.338 e. The van der Waals surface area contributed by atoms with Crippen LogP contribution in [-0.2, 0) is 14.3 Å². The minimum Gasteiger partial charge on any atom is -0.493 e. The normalized spacial score (nSPS) is 14.9. The molecule has 0 saturated heterocycles. The standard InChI is InChI=1S/C27H24Br2N2O7S/c1-6-37-26(34)22-13(2)30-27-31(23(22)15-7-8-19(35-4)20(10-15)36-5)25(33)21(39-27)11-16-9-17(28)12-18(29)24(16)38-14(3)32/h7-12,23H,6H2,1-5H3/b21-11-/t23-/m1/s1. The van der Waals surface area contributed by atoms with Crippen molar-refractivity contribution in [2.75, 3.05) is 20.8 Å². The number of fused-ring (bicyclic) bond motifs is 1. The number of hydrogen-bond donors (Lipinski definition) is 0. The van der Waals surface area contributed by atoms with E-state index < -0.39 is 18.0 Å². The first-order valence-corrected chi connectivity index (χ1v) is 14.1. The minimum atomic E-state index is -0.829. The molecule has 204 valence electrons. The highest BCUT2D eigenvalue weighted by atomic mass is 79.9. The molecule has 1 aromatic heterocycles. The first kappa shape index (κ1) is 28.8. The summed E-state index contributed by atoms with van der Waals surface area (Å²) in [6.45, 7) is 4.89. The first-order chi connectivity index (χ1) is 18.6. The number of carbonyl (C=O) groups is 2. The average molecular weight is 680 g/mol. The second kappa shape index (κ2) is 11.9. The number of halogens is 2. The van der Waals surface area contributed by atoms with Crippen molar-refractivity contribution >= 4 is 61.2 Å². The van der Waals surface area contributed by atoms with Crippen molar-refractivity contribution in [1.29, 1.82) is 0 Å². The van der Waals surface area contributed by atoms with Crippen LogP contribution in [0.2, 0.25) is 0 Å². The predicted octanol–water partition coefficient (Wildman–Crippen LogP) is 4.27. The van der Waals surface area contributed by atoms with Crippen LogP contribution in [0.4, 0.5) is 0 Å². The van der Waals surface area contributed by atoms with Gasteiger partial charge in [0.15, 0.2) is 22.0 Å². The Morgan fingerprint density at radius 3 is 2.49 bits per heavy atom. The summed E-state index contributed by atoms with van der Waals surface area (Å²) < 4.78 is 24.7. The third-order valence-corrected chi connectivity index (χ3v) is 7.84. The second-order valence-corrected chi connectivity index (χ2v) is 11.1. The van der Waals surface area contributed by atoms with E-state index in [1.54, 1.807) is 50.3 Å². The van der Waals surface area contributed by atoms with E-state index in [1.807, 2.05) is 0 Å². The summed E-state index contributed by atoms with van der Waals surface area (Å²) in [7, 11) is 3.04. The van der Waals surface area contributed by atoms with Crippen molar-refractivity contribution in [1.82, 2.24) is 4.57 Å². The molecule has 1 aliphatic heterocycles. The number of allylic oxidation sites excluding steroid dienone is 1. The van der Waals surface area contributed by atoms with Crippen LogP contribution in [0.1, 0.15) is 37.9 Å². The molecule has 12 heteroatoms. The smallest absolute Gasteiger partial charge is 0.338 e. The van der Waals surface area contributed by atoms with Crippen LogP contribution in [0, 0.1) is 0 Å². The number of ether oxygens (including phenoxy) is 4. The Balaban J connectivity index is 2.00. The van der Waals surface area contributed by atoms with Gasteiger partial charge in [0, 0.05) is 17.0 Å². The van der Waals surface area contributed by atoms with Gasteiger partial charge in [-0.3, -0.25) is 14.2 Å². The second-order valence-electron chi connectivity index (χ2n) is 8.32. The van der Waals surface area contributed by atoms with Gasteiger partial charge in [-0.15, -0.1) is 0 Å². The van der Waals surface area contributed by atoms with Gasteiger partial charge in [-0.1, -0.05) is 33.3 Å². The van der Waals surface area contributed by atoms with Crippen molar-refractivity contribution in [3.05, 3.63) is 81.4 Å². The zero-order valence-corrected chi connectivity index (χ0v) is 25.7. The number of nitrogens with zero attached hydrogens (tertiary/aromatic N) is 2. The van der Waals surface area contributed by atoms with Gasteiger partial charge < -0.3 is 18.9 Å². The van der Waals surface area contributed by atoms with Crippen molar-refractivity contribution in [2.24, 2.45) is 4.99 Å². The molecule has 2 heterocycles. The lowest BCUT2D eigenvalue weighted by molar-refractivity contribution is -0.139. The zero-order valence-electron chi connectivity index (χ0n) is 21.7. The first-order valence-electron chi connectivity index (χ1n) is 11.7. The lowest BCUT2D eigenvalue weighted by Gasteiger charge is -2.25. The minimum absolute atomic E-state index is 0.162. The summed E-state index contributed by atoms with van der Waals surface area (Å²) in [6, 6.07) is 7.86. The summed E-state index contributed by atoms with van der Waals surface area (Å²) in [5, 5.41) is 0. The summed E-state index contributed by atoms with van der Waals surface area (Å²) in [5.74, 6) is 0.153. The fourth-order valence-corrected chi connectivity index (χ4v) is 6.59. The molecule has 39 heavy (non-hydrogen) atoms. The molecule has 0 radical (unpaired) electrons. The molecule has 0 aliphatic carbocycles. The summed E-state index contributed by atoms with van der Waals surface area (Å²) >= 11 is 8.02. The lowest BCUT2D eigenvalue weighted by Crippen LogP contribution is -2.40. The number of hydrogen-bond acceptors (Lipinski definition) is 9. The van der Waals surface area contributed by atoms with Gasteiger partial charge in [0.1, 0.15) is 0 Å². The van der Waals surface area contributed by atoms with E-state index in [2.05, 4.69) is 36.9 Å². The molecule has 1 aliphatic rings. The molecule has 9 nitrogen and oxygen atoms in total. The van der Waals surface area contributed by atoms with E-state index in [0.717, 1.165) is 11.3 Å². The highest BCUT2D eigenvalue weighted by molar-refractivity contribution is 9.11. The van der Waals surface area contributed by atoms with Gasteiger partial charge in [-0.05, 0) is 65.7 Å². The Hall–Kier alpha value is -3.22. The van der Waals surface area contributed by atoms with Crippen molar-refractivity contribution < 1.29 is 28.5 Å². The van der Waals surface area contributed by atoms with E-state index in [4.69, 9.17) is 18.9 Å². The number of methoxy groups -OCH3 is 2. The number of aromatic nitrogens is 1. The third kappa shape index (κ3) is 5.73. The van der Waals surface area contributed by atoms with Crippen LogP contribution in [0.5, 0.6) is 17.2 Å². The van der Waals surface area contributed by atoms with Crippen LogP contribution in [0.3, 0.4) is 0 Å². The maximum atomic E-state index is 13.9. The van der Waals surface area contributed by atoms with Gasteiger partial charge in [-0.2, -0.15) is 0 Å². The Kier molecular flexibility index (Phi) is 8.77. The van der Waals surface area contributed by atoms with Gasteiger partial charge in [0.05, 0.1) is 47.1 Å². The number of thiazole rings is 1. The average Bonchev–Trinajstić information content (AvgIpc) is 3.18. The number of rotatable bonds is 7. The van der Waals surface area contributed by atoms with Crippen molar-refractivity contribution in [3.8, 4) is 17.2 Å². The summed E-state index contributed by atoms with van der Waals surface area (Å²) in [5.41, 5.74) is 1.42. The van der Waals surface area contributed by atoms with Crippen LogP contribution in [0.15, 0.2) is 60.3 Å². The molecule has 0 spiro atoms. The molecule has 3 aromatic rings. The lowest BCUT2D eigenvalue weighted by atomic mass is 9.95. The van der Waals surface area contributed by atoms with Gasteiger partial charge in [0.25, 0.3) is 5.56 Å². The van der Waals surface area contributed by atoms with E-state index in [-0.39, 0.29) is 23.5 Å². The number of benzene rings is 2. The topological polar surface area (TPSA) is 105 Å². The molecule has 0 unspecified atom stereocenters. The third-order valence-electron chi connectivity index (χ3n) is 5.81. The number of carbonyl (C=O) groups excluding carboxylic acids is 2. The Morgan fingerprint density at radius 1 is 1.13 bits per heavy atom. The molecular formula is C27H24Br2N2O7S. The van der Waals surface area contributed by atoms with Crippen LogP contribution < -0.4 is 29.1 Å². The van der Waals surface area contributed by atoms with E-state index >= 15 is 0 Å². The molecule has 0 saturated carbocycles. The molecule has 0 fully saturated rings. The zero-order chi connectivity index (χ0) is 28.4. The molecular weight excluding hydrogens is 656 g/mol. The quantitative estimate of drug-likeness (QED) is 0.271. The van der Waals surface area contributed by atoms with Crippen LogP contribution >= 0.6 is 43.2 Å². The molecule has 0 amide bonds. The molecule has 0 bridgehead atoms. The maximum absolute atomic E-state index is 13.9. The van der Waals surface area contributed by atoms with E-state index in [0.29, 0.717) is 46.6 Å². The Bertz CT molecular complexity index is 1690. The van der Waals surface area contributed by atoms with Gasteiger partial charge in [-0.25, -0.2) is 9.79 Å². The highest BCUT2D eigenvalue weighted by Crippen LogP contribution is 2.36. The Labute approximate surface area is 244 Å². The highest BCUT2D eigenvalue weighted by Gasteiger charge is 2.34. The Morgan fingerprint density at radius 2 is 1.85 bits per heavy atom. The van der Waals surface area contributed by atoms with Crippen LogP contribution in [-0.4, -0.2) is 37.3 Å². The van der Waals surface area contributed by atoms with E-state index in [9.17, 15) is 14.4 Å².